The van der Waals surface area contributed by atoms with Gasteiger partial charge in [-0.15, -0.1) is 0 Å². The van der Waals surface area contributed by atoms with Crippen LogP contribution in [0.4, 0.5) is 11.4 Å². The minimum absolute atomic E-state index is 0.165. The summed E-state index contributed by atoms with van der Waals surface area (Å²) >= 11 is 0. The van der Waals surface area contributed by atoms with E-state index < -0.39 is 10.0 Å². The maximum absolute atomic E-state index is 12.7. The zero-order valence-corrected chi connectivity index (χ0v) is 15.3. The second kappa shape index (κ2) is 6.93. The zero-order valence-electron chi connectivity index (χ0n) is 14.5. The van der Waals surface area contributed by atoms with Crippen molar-refractivity contribution in [2.45, 2.75) is 17.7 Å². The van der Waals surface area contributed by atoms with Crippen molar-refractivity contribution in [2.75, 3.05) is 37.7 Å². The third-order valence-corrected chi connectivity index (χ3v) is 5.86. The summed E-state index contributed by atoms with van der Waals surface area (Å²) in [5, 5.41) is 0. The number of rotatable bonds is 4. The maximum atomic E-state index is 12.7. The molecule has 3 rings (SSSR count). The molecule has 0 radical (unpaired) electrons. The lowest BCUT2D eigenvalue weighted by Gasteiger charge is -2.15. The first kappa shape index (κ1) is 17.6. The summed E-state index contributed by atoms with van der Waals surface area (Å²) in [7, 11) is -0.0668. The first-order valence-electron chi connectivity index (χ1n) is 8.16. The summed E-state index contributed by atoms with van der Waals surface area (Å²) in [5.41, 5.74) is 8.97. The van der Waals surface area contributed by atoms with Crippen molar-refractivity contribution in [3.05, 3.63) is 47.5 Å². The molecule has 0 spiro atoms. The minimum atomic E-state index is -3.71. The lowest BCUT2D eigenvalue weighted by molar-refractivity contribution is 0.352. The normalized spacial score (nSPS) is 15.3. The summed E-state index contributed by atoms with van der Waals surface area (Å²) in [6.07, 6.45) is 1.81. The molecule has 0 saturated carbocycles. The van der Waals surface area contributed by atoms with Crippen LogP contribution in [0, 0.1) is 0 Å². The zero-order chi connectivity index (χ0) is 18.0. The van der Waals surface area contributed by atoms with E-state index in [0.717, 1.165) is 31.5 Å². The fourth-order valence-corrected chi connectivity index (χ4v) is 4.03. The van der Waals surface area contributed by atoms with E-state index in [-0.39, 0.29) is 4.90 Å². The first-order chi connectivity index (χ1) is 11.9. The minimum Gasteiger partial charge on any atom is -0.495 e. The number of nitrogen functional groups attached to an aromatic ring is 1. The summed E-state index contributed by atoms with van der Waals surface area (Å²) in [4.78, 5) is 2.43. The molecule has 0 fully saturated rings. The van der Waals surface area contributed by atoms with Crippen LogP contribution in [-0.2, 0) is 22.9 Å². The average molecular weight is 361 g/mol. The standard InChI is InChI=1S/C18H23N3O3S/c1-21-9-7-13-11-17(18(24-2)12-14(13)8-10-21)20-25(22,23)16-5-3-15(19)4-6-16/h3-6,11-12,20H,7-10,19H2,1-2H3. The van der Waals surface area contributed by atoms with Gasteiger partial charge < -0.3 is 15.4 Å². The summed E-state index contributed by atoms with van der Waals surface area (Å²) in [6, 6.07) is 9.94. The highest BCUT2D eigenvalue weighted by Gasteiger charge is 2.20. The highest BCUT2D eigenvalue weighted by Crippen LogP contribution is 2.32. The molecule has 1 aliphatic rings. The van der Waals surface area contributed by atoms with E-state index in [1.165, 1.54) is 17.7 Å². The Morgan fingerprint density at radius 2 is 1.68 bits per heavy atom. The van der Waals surface area contributed by atoms with Crippen molar-refractivity contribution < 1.29 is 13.2 Å². The van der Waals surface area contributed by atoms with Crippen LogP contribution in [0.25, 0.3) is 0 Å². The average Bonchev–Trinajstić information content (AvgIpc) is 2.76. The van der Waals surface area contributed by atoms with Gasteiger partial charge in [0.25, 0.3) is 10.0 Å². The van der Waals surface area contributed by atoms with Gasteiger partial charge in [0.1, 0.15) is 5.75 Å². The Bertz CT molecular complexity index is 864. The number of sulfonamides is 1. The number of fused-ring (bicyclic) bond motifs is 1. The molecule has 25 heavy (non-hydrogen) atoms. The molecule has 2 aromatic rings. The highest BCUT2D eigenvalue weighted by atomic mass is 32.2. The van der Waals surface area contributed by atoms with Crippen molar-refractivity contribution >= 4 is 21.4 Å². The smallest absolute Gasteiger partial charge is 0.262 e. The van der Waals surface area contributed by atoms with Gasteiger partial charge >= 0.3 is 0 Å². The van der Waals surface area contributed by atoms with Gasteiger partial charge in [-0.3, -0.25) is 4.72 Å². The maximum Gasteiger partial charge on any atom is 0.262 e. The van der Waals surface area contributed by atoms with Crippen LogP contribution in [0.5, 0.6) is 5.75 Å². The van der Waals surface area contributed by atoms with E-state index in [4.69, 9.17) is 10.5 Å². The monoisotopic (exact) mass is 361 g/mol. The molecular weight excluding hydrogens is 338 g/mol. The number of hydrogen-bond donors (Lipinski definition) is 2. The Balaban J connectivity index is 1.95. The second-order valence-electron chi connectivity index (χ2n) is 6.30. The van der Waals surface area contributed by atoms with Crippen LogP contribution in [0.15, 0.2) is 41.3 Å². The molecule has 0 bridgehead atoms. The van der Waals surface area contributed by atoms with Gasteiger partial charge in [0.15, 0.2) is 0 Å². The van der Waals surface area contributed by atoms with Crippen LogP contribution in [0.2, 0.25) is 0 Å². The molecule has 0 aliphatic carbocycles. The van der Waals surface area contributed by atoms with Crippen LogP contribution < -0.4 is 15.2 Å². The molecule has 1 aliphatic heterocycles. The Hall–Kier alpha value is -2.25. The molecule has 0 amide bonds. The van der Waals surface area contributed by atoms with Gasteiger partial charge in [-0.25, -0.2) is 8.42 Å². The second-order valence-corrected chi connectivity index (χ2v) is 7.98. The van der Waals surface area contributed by atoms with Gasteiger partial charge in [0, 0.05) is 18.8 Å². The molecule has 0 aromatic heterocycles. The summed E-state index contributed by atoms with van der Waals surface area (Å²) in [6.45, 7) is 1.93. The van der Waals surface area contributed by atoms with Gasteiger partial charge in [-0.05, 0) is 67.4 Å². The Morgan fingerprint density at radius 3 is 2.28 bits per heavy atom. The SMILES string of the molecule is COc1cc2c(cc1NS(=O)(=O)c1ccc(N)cc1)CCN(C)CC2. The van der Waals surface area contributed by atoms with Gasteiger partial charge in [0.05, 0.1) is 17.7 Å². The van der Waals surface area contributed by atoms with Gasteiger partial charge in [-0.1, -0.05) is 0 Å². The van der Waals surface area contributed by atoms with Gasteiger partial charge in [0.2, 0.25) is 0 Å². The molecule has 0 unspecified atom stereocenters. The van der Waals surface area contributed by atoms with E-state index in [1.54, 1.807) is 19.2 Å². The topological polar surface area (TPSA) is 84.7 Å². The predicted molar refractivity (Wildman–Crippen MR) is 99.6 cm³/mol. The molecular formula is C18H23N3O3S. The van der Waals surface area contributed by atoms with Gasteiger partial charge in [-0.2, -0.15) is 0 Å². The molecule has 0 atom stereocenters. The number of hydrogen-bond acceptors (Lipinski definition) is 5. The summed E-state index contributed by atoms with van der Waals surface area (Å²) < 4.78 is 33.4. The number of anilines is 2. The first-order valence-corrected chi connectivity index (χ1v) is 9.64. The molecule has 2 aromatic carbocycles. The van der Waals surface area contributed by atoms with E-state index in [9.17, 15) is 8.42 Å². The summed E-state index contributed by atoms with van der Waals surface area (Å²) in [5.74, 6) is 0.530. The number of nitrogens with one attached hydrogen (secondary N) is 1. The van der Waals surface area contributed by atoms with E-state index in [2.05, 4.69) is 16.7 Å². The number of methoxy groups -OCH3 is 1. The highest BCUT2D eigenvalue weighted by molar-refractivity contribution is 7.92. The number of likely N-dealkylation sites (N-methyl/N-ethyl adjacent to an activating group) is 1. The molecule has 0 saturated heterocycles. The molecule has 3 N–H and O–H groups in total. The lowest BCUT2D eigenvalue weighted by Crippen LogP contribution is -2.20. The van der Waals surface area contributed by atoms with Crippen molar-refractivity contribution in [1.29, 1.82) is 0 Å². The third kappa shape index (κ3) is 3.88. The number of ether oxygens (including phenoxy) is 1. The Labute approximate surface area is 148 Å². The number of nitrogens with two attached hydrogens (primary N) is 1. The Kier molecular flexibility index (Phi) is 4.87. The Morgan fingerprint density at radius 1 is 1.08 bits per heavy atom. The van der Waals surface area contributed by atoms with Crippen molar-refractivity contribution in [3.63, 3.8) is 0 Å². The van der Waals surface area contributed by atoms with E-state index in [1.807, 2.05) is 12.1 Å². The third-order valence-electron chi connectivity index (χ3n) is 4.48. The van der Waals surface area contributed by atoms with Crippen LogP contribution in [-0.4, -0.2) is 40.6 Å². The van der Waals surface area contributed by atoms with E-state index >= 15 is 0 Å². The van der Waals surface area contributed by atoms with Crippen LogP contribution in [0.3, 0.4) is 0 Å². The predicted octanol–water partition coefficient (Wildman–Crippen LogP) is 2.11. The molecule has 6 nitrogen and oxygen atoms in total. The van der Waals surface area contributed by atoms with E-state index in [0.29, 0.717) is 17.1 Å². The fraction of sp³-hybridized carbons (Fsp3) is 0.333. The quantitative estimate of drug-likeness (QED) is 0.815. The van der Waals surface area contributed by atoms with Crippen LogP contribution in [0.1, 0.15) is 11.1 Å². The van der Waals surface area contributed by atoms with Crippen molar-refractivity contribution in [2.24, 2.45) is 0 Å². The largest absolute Gasteiger partial charge is 0.495 e. The number of nitrogens with zero attached hydrogens (tertiary/aromatic N) is 1. The number of benzene rings is 2. The van der Waals surface area contributed by atoms with Crippen molar-refractivity contribution in [3.8, 4) is 5.75 Å². The molecule has 1 heterocycles. The molecule has 134 valence electrons. The lowest BCUT2D eigenvalue weighted by atomic mass is 10.0. The fourth-order valence-electron chi connectivity index (χ4n) is 2.97. The van der Waals surface area contributed by atoms with Crippen LogP contribution >= 0.6 is 0 Å². The molecule has 7 heteroatoms. The van der Waals surface area contributed by atoms with Crippen molar-refractivity contribution in [1.82, 2.24) is 4.90 Å².